The van der Waals surface area contributed by atoms with Gasteiger partial charge in [0, 0.05) is 17.6 Å². The highest BCUT2D eigenvalue weighted by atomic mass is 35.5. The average molecular weight is 298 g/mol. The summed E-state index contributed by atoms with van der Waals surface area (Å²) in [6, 6.07) is 7.56. The van der Waals surface area contributed by atoms with Gasteiger partial charge in [0.15, 0.2) is 0 Å². The molecular weight excluding hydrogens is 274 g/mol. The van der Waals surface area contributed by atoms with Crippen LogP contribution in [0.25, 0.3) is 0 Å². The maximum atomic E-state index is 10.2. The summed E-state index contributed by atoms with van der Waals surface area (Å²) >= 11 is 5.84. The van der Waals surface area contributed by atoms with E-state index in [4.69, 9.17) is 11.6 Å². The Hall–Kier alpha value is -0.610. The molecule has 1 fully saturated rings. The molecule has 1 aliphatic rings. The van der Waals surface area contributed by atoms with Gasteiger partial charge in [0.2, 0.25) is 0 Å². The van der Waals surface area contributed by atoms with Gasteiger partial charge in [0.1, 0.15) is 0 Å². The molecule has 1 aromatic carbocycles. The third-order valence-electron chi connectivity index (χ3n) is 4.27. The first-order chi connectivity index (χ1) is 9.58. The summed E-state index contributed by atoms with van der Waals surface area (Å²) in [5, 5.41) is 20.9. The van der Waals surface area contributed by atoms with Crippen LogP contribution in [0.5, 0.6) is 0 Å². The monoisotopic (exact) mass is 297 g/mol. The van der Waals surface area contributed by atoms with E-state index < -0.39 is 6.10 Å². The Morgan fingerprint density at radius 1 is 1.25 bits per heavy atom. The van der Waals surface area contributed by atoms with Gasteiger partial charge in [-0.25, -0.2) is 0 Å². The standard InChI is InChI=1S/C16H24ClNO2/c1-18(14-4-2-3-5-16(14)20)11-10-15(19)12-6-8-13(17)9-7-12/h6-9,14-16,19-20H,2-5,10-11H2,1H3. The molecule has 3 nitrogen and oxygen atoms in total. The second-order valence-corrected chi connectivity index (χ2v) is 6.19. The molecule has 2 rings (SSSR count). The average Bonchev–Trinajstić information content (AvgIpc) is 2.45. The van der Waals surface area contributed by atoms with Gasteiger partial charge in [0.05, 0.1) is 12.2 Å². The molecule has 0 spiro atoms. The zero-order chi connectivity index (χ0) is 14.5. The first kappa shape index (κ1) is 15.8. The van der Waals surface area contributed by atoms with Crippen molar-refractivity contribution < 1.29 is 10.2 Å². The summed E-state index contributed by atoms with van der Waals surface area (Å²) in [6.45, 7) is 0.783. The third kappa shape index (κ3) is 4.19. The van der Waals surface area contributed by atoms with E-state index in [0.29, 0.717) is 11.4 Å². The number of halogens is 1. The lowest BCUT2D eigenvalue weighted by molar-refractivity contribution is 0.0253. The summed E-state index contributed by atoms with van der Waals surface area (Å²) in [7, 11) is 2.04. The van der Waals surface area contributed by atoms with Crippen LogP contribution in [0.15, 0.2) is 24.3 Å². The molecule has 0 aliphatic heterocycles. The summed E-state index contributed by atoms with van der Waals surface area (Å²) in [4.78, 5) is 2.18. The molecule has 20 heavy (non-hydrogen) atoms. The normalized spacial score (nSPS) is 24.9. The van der Waals surface area contributed by atoms with Crippen molar-refractivity contribution >= 4 is 11.6 Å². The molecule has 0 saturated heterocycles. The van der Waals surface area contributed by atoms with Crippen LogP contribution in [-0.4, -0.2) is 40.9 Å². The second-order valence-electron chi connectivity index (χ2n) is 5.76. The zero-order valence-corrected chi connectivity index (χ0v) is 12.8. The predicted molar refractivity (Wildman–Crippen MR) is 81.9 cm³/mol. The Kier molecular flexibility index (Phi) is 5.85. The highest BCUT2D eigenvalue weighted by Crippen LogP contribution is 2.24. The van der Waals surface area contributed by atoms with E-state index in [0.717, 1.165) is 31.4 Å². The van der Waals surface area contributed by atoms with E-state index in [-0.39, 0.29) is 12.1 Å². The smallest absolute Gasteiger partial charge is 0.0802 e. The van der Waals surface area contributed by atoms with Gasteiger partial charge in [-0.1, -0.05) is 36.6 Å². The van der Waals surface area contributed by atoms with Gasteiger partial charge >= 0.3 is 0 Å². The number of aliphatic hydroxyl groups is 2. The minimum Gasteiger partial charge on any atom is -0.391 e. The predicted octanol–water partition coefficient (Wildman–Crippen LogP) is 3.00. The molecule has 3 unspecified atom stereocenters. The summed E-state index contributed by atoms with van der Waals surface area (Å²) < 4.78 is 0. The number of hydrogen-bond donors (Lipinski definition) is 2. The first-order valence-corrected chi connectivity index (χ1v) is 7.77. The maximum Gasteiger partial charge on any atom is 0.0802 e. The number of benzene rings is 1. The number of nitrogens with zero attached hydrogens (tertiary/aromatic N) is 1. The van der Waals surface area contributed by atoms with E-state index in [1.165, 1.54) is 6.42 Å². The van der Waals surface area contributed by atoms with Crippen molar-refractivity contribution in [3.8, 4) is 0 Å². The van der Waals surface area contributed by atoms with Crippen LogP contribution < -0.4 is 0 Å². The molecule has 3 atom stereocenters. The largest absolute Gasteiger partial charge is 0.391 e. The molecule has 1 saturated carbocycles. The Labute approximate surface area is 126 Å². The van der Waals surface area contributed by atoms with E-state index in [2.05, 4.69) is 4.90 Å². The molecule has 1 aliphatic carbocycles. The SMILES string of the molecule is CN(CCC(O)c1ccc(Cl)cc1)C1CCCCC1O. The Morgan fingerprint density at radius 2 is 1.90 bits per heavy atom. The van der Waals surface area contributed by atoms with E-state index in [9.17, 15) is 10.2 Å². The molecule has 2 N–H and O–H groups in total. The van der Waals surface area contributed by atoms with Crippen LogP contribution in [0.1, 0.15) is 43.8 Å². The first-order valence-electron chi connectivity index (χ1n) is 7.40. The molecule has 0 bridgehead atoms. The number of aliphatic hydroxyl groups excluding tert-OH is 2. The summed E-state index contributed by atoms with van der Waals surface area (Å²) in [5.74, 6) is 0. The van der Waals surface area contributed by atoms with Crippen molar-refractivity contribution in [1.29, 1.82) is 0 Å². The van der Waals surface area contributed by atoms with Crippen molar-refractivity contribution in [2.45, 2.75) is 50.4 Å². The third-order valence-corrected chi connectivity index (χ3v) is 4.52. The van der Waals surface area contributed by atoms with Crippen molar-refractivity contribution in [2.24, 2.45) is 0 Å². The van der Waals surface area contributed by atoms with E-state index >= 15 is 0 Å². The second kappa shape index (κ2) is 7.41. The van der Waals surface area contributed by atoms with Crippen LogP contribution in [0.4, 0.5) is 0 Å². The molecule has 0 radical (unpaired) electrons. The van der Waals surface area contributed by atoms with Crippen LogP contribution in [0.3, 0.4) is 0 Å². The van der Waals surface area contributed by atoms with Gasteiger partial charge in [-0.15, -0.1) is 0 Å². The van der Waals surface area contributed by atoms with Crippen molar-refractivity contribution in [3.63, 3.8) is 0 Å². The molecule has 0 heterocycles. The molecular formula is C16H24ClNO2. The van der Waals surface area contributed by atoms with Crippen LogP contribution in [0, 0.1) is 0 Å². The minimum atomic E-state index is -0.476. The lowest BCUT2D eigenvalue weighted by Crippen LogP contribution is -2.43. The molecule has 1 aromatic rings. The lowest BCUT2D eigenvalue weighted by Gasteiger charge is -2.35. The van der Waals surface area contributed by atoms with Gasteiger partial charge in [-0.3, -0.25) is 0 Å². The zero-order valence-electron chi connectivity index (χ0n) is 12.0. The molecule has 0 aromatic heterocycles. The van der Waals surface area contributed by atoms with Gasteiger partial charge < -0.3 is 15.1 Å². The fourth-order valence-electron chi connectivity index (χ4n) is 2.95. The topological polar surface area (TPSA) is 43.7 Å². The molecule has 112 valence electrons. The quantitative estimate of drug-likeness (QED) is 0.878. The van der Waals surface area contributed by atoms with Gasteiger partial charge in [0.25, 0.3) is 0 Å². The van der Waals surface area contributed by atoms with Crippen molar-refractivity contribution in [1.82, 2.24) is 4.90 Å². The van der Waals surface area contributed by atoms with E-state index in [1.807, 2.05) is 19.2 Å². The van der Waals surface area contributed by atoms with Crippen LogP contribution in [-0.2, 0) is 0 Å². The Morgan fingerprint density at radius 3 is 2.55 bits per heavy atom. The highest BCUT2D eigenvalue weighted by molar-refractivity contribution is 6.30. The maximum absolute atomic E-state index is 10.2. The summed E-state index contributed by atoms with van der Waals surface area (Å²) in [5.41, 5.74) is 0.895. The number of rotatable bonds is 5. The minimum absolute atomic E-state index is 0.221. The lowest BCUT2D eigenvalue weighted by atomic mass is 9.91. The van der Waals surface area contributed by atoms with Crippen molar-refractivity contribution in [3.05, 3.63) is 34.9 Å². The summed E-state index contributed by atoms with van der Waals surface area (Å²) in [6.07, 6.45) is 4.23. The fraction of sp³-hybridized carbons (Fsp3) is 0.625. The van der Waals surface area contributed by atoms with E-state index in [1.54, 1.807) is 12.1 Å². The van der Waals surface area contributed by atoms with Crippen LogP contribution >= 0.6 is 11.6 Å². The Bertz CT molecular complexity index is 409. The fourth-order valence-corrected chi connectivity index (χ4v) is 3.08. The van der Waals surface area contributed by atoms with Crippen molar-refractivity contribution in [2.75, 3.05) is 13.6 Å². The van der Waals surface area contributed by atoms with Gasteiger partial charge in [-0.05, 0) is 44.0 Å². The highest BCUT2D eigenvalue weighted by Gasteiger charge is 2.26. The van der Waals surface area contributed by atoms with Gasteiger partial charge in [-0.2, -0.15) is 0 Å². The molecule has 4 heteroatoms. The van der Waals surface area contributed by atoms with Crippen LogP contribution in [0.2, 0.25) is 5.02 Å². The number of likely N-dealkylation sites (N-methyl/N-ethyl adjacent to an activating group) is 1. The number of hydrogen-bond acceptors (Lipinski definition) is 3. The molecule has 0 amide bonds. The Balaban J connectivity index is 1.83.